The Bertz CT molecular complexity index is 1120. The number of aromatic amines is 1. The van der Waals surface area contributed by atoms with Crippen molar-refractivity contribution < 1.29 is 13.2 Å². The number of nitrogens with one attached hydrogen (secondary N) is 3. The zero-order valence-electron chi connectivity index (χ0n) is 13.6. The van der Waals surface area contributed by atoms with Crippen LogP contribution in [0.1, 0.15) is 19.4 Å². The topological polar surface area (TPSA) is 104 Å². The number of carbonyl (C=O) groups excluding carboxylic acids is 1. The zero-order chi connectivity index (χ0) is 17.8. The Morgan fingerprint density at radius 3 is 2.72 bits per heavy atom. The fraction of sp³-hybridized carbons (Fsp3) is 0.176. The third kappa shape index (κ3) is 2.45. The minimum atomic E-state index is -3.78. The SMILES string of the molecule is CC1(C)C(=O)Nc2ccc(S(=O)(=O)Nc3ccc4cn[nH]c4c3)cc21. The highest BCUT2D eigenvalue weighted by Crippen LogP contribution is 2.38. The van der Waals surface area contributed by atoms with E-state index in [4.69, 9.17) is 0 Å². The molecular formula is C17H16N4O3S. The van der Waals surface area contributed by atoms with Crippen LogP contribution in [-0.2, 0) is 20.2 Å². The molecule has 1 amide bonds. The van der Waals surface area contributed by atoms with Gasteiger partial charge in [0.1, 0.15) is 0 Å². The van der Waals surface area contributed by atoms with E-state index in [0.717, 1.165) is 10.9 Å². The second-order valence-corrected chi connectivity index (χ2v) is 8.25. The van der Waals surface area contributed by atoms with Crippen LogP contribution < -0.4 is 10.0 Å². The van der Waals surface area contributed by atoms with Crippen molar-refractivity contribution in [1.82, 2.24) is 10.2 Å². The quantitative estimate of drug-likeness (QED) is 0.671. The number of hydrogen-bond donors (Lipinski definition) is 3. The van der Waals surface area contributed by atoms with Crippen LogP contribution in [0.4, 0.5) is 11.4 Å². The minimum absolute atomic E-state index is 0.112. The molecule has 2 aromatic carbocycles. The Morgan fingerprint density at radius 2 is 1.92 bits per heavy atom. The molecule has 0 bridgehead atoms. The molecule has 1 aromatic heterocycles. The number of aromatic nitrogens is 2. The summed E-state index contributed by atoms with van der Waals surface area (Å²) in [6.45, 7) is 3.54. The monoisotopic (exact) mass is 356 g/mol. The Kier molecular flexibility index (Phi) is 3.17. The fourth-order valence-corrected chi connectivity index (χ4v) is 4.01. The zero-order valence-corrected chi connectivity index (χ0v) is 14.4. The maximum absolute atomic E-state index is 12.7. The van der Waals surface area contributed by atoms with Crippen molar-refractivity contribution in [2.75, 3.05) is 10.0 Å². The van der Waals surface area contributed by atoms with Crippen LogP contribution in [0.15, 0.2) is 47.5 Å². The first kappa shape index (κ1) is 15.6. The second kappa shape index (κ2) is 5.06. The molecule has 4 rings (SSSR count). The average Bonchev–Trinajstić information content (AvgIpc) is 3.09. The van der Waals surface area contributed by atoms with Crippen LogP contribution in [0.2, 0.25) is 0 Å². The van der Waals surface area contributed by atoms with E-state index in [1.165, 1.54) is 6.07 Å². The van der Waals surface area contributed by atoms with E-state index < -0.39 is 15.4 Å². The van der Waals surface area contributed by atoms with Crippen molar-refractivity contribution in [3.8, 4) is 0 Å². The molecule has 25 heavy (non-hydrogen) atoms. The predicted octanol–water partition coefficient (Wildman–Crippen LogP) is 2.59. The normalized spacial score (nSPS) is 15.8. The molecule has 0 fully saturated rings. The minimum Gasteiger partial charge on any atom is -0.325 e. The molecule has 8 heteroatoms. The van der Waals surface area contributed by atoms with Crippen LogP contribution in [0.25, 0.3) is 10.9 Å². The molecule has 2 heterocycles. The number of H-pyrrole nitrogens is 1. The highest BCUT2D eigenvalue weighted by atomic mass is 32.2. The molecule has 0 aliphatic carbocycles. The number of rotatable bonds is 3. The summed E-state index contributed by atoms with van der Waals surface area (Å²) >= 11 is 0. The summed E-state index contributed by atoms with van der Waals surface area (Å²) in [4.78, 5) is 12.1. The first-order chi connectivity index (χ1) is 11.8. The molecule has 0 unspecified atom stereocenters. The highest BCUT2D eigenvalue weighted by Gasteiger charge is 2.39. The fourth-order valence-electron chi connectivity index (χ4n) is 2.93. The van der Waals surface area contributed by atoms with E-state index in [2.05, 4.69) is 20.2 Å². The number of sulfonamides is 1. The van der Waals surface area contributed by atoms with Gasteiger partial charge in [-0.3, -0.25) is 14.6 Å². The summed E-state index contributed by atoms with van der Waals surface area (Å²) in [7, 11) is -3.78. The van der Waals surface area contributed by atoms with Gasteiger partial charge >= 0.3 is 0 Å². The van der Waals surface area contributed by atoms with Crippen LogP contribution in [-0.4, -0.2) is 24.5 Å². The Hall–Kier alpha value is -2.87. The molecule has 0 atom stereocenters. The number of anilines is 2. The smallest absolute Gasteiger partial charge is 0.261 e. The lowest BCUT2D eigenvalue weighted by Crippen LogP contribution is -2.27. The van der Waals surface area contributed by atoms with Gasteiger partial charge in [0.2, 0.25) is 5.91 Å². The lowest BCUT2D eigenvalue weighted by molar-refractivity contribution is -0.119. The molecule has 3 N–H and O–H groups in total. The molecule has 0 radical (unpaired) electrons. The lowest BCUT2D eigenvalue weighted by atomic mass is 9.86. The Labute approximate surface area is 144 Å². The summed E-state index contributed by atoms with van der Waals surface area (Å²) in [5.74, 6) is -0.144. The average molecular weight is 356 g/mol. The lowest BCUT2D eigenvalue weighted by Gasteiger charge is -2.16. The molecule has 128 valence electrons. The highest BCUT2D eigenvalue weighted by molar-refractivity contribution is 7.92. The van der Waals surface area contributed by atoms with E-state index in [-0.39, 0.29) is 10.8 Å². The number of nitrogens with zero attached hydrogens (tertiary/aromatic N) is 1. The molecule has 0 saturated carbocycles. The Balaban J connectivity index is 1.71. The first-order valence-electron chi connectivity index (χ1n) is 7.69. The maximum atomic E-state index is 12.7. The summed E-state index contributed by atoms with van der Waals surface area (Å²) in [5, 5.41) is 10.4. The Morgan fingerprint density at radius 1 is 1.12 bits per heavy atom. The predicted molar refractivity (Wildman–Crippen MR) is 95.0 cm³/mol. The molecular weight excluding hydrogens is 340 g/mol. The first-order valence-corrected chi connectivity index (χ1v) is 9.18. The van der Waals surface area contributed by atoms with E-state index in [0.29, 0.717) is 16.9 Å². The van der Waals surface area contributed by atoms with Gasteiger partial charge in [-0.25, -0.2) is 8.42 Å². The third-order valence-electron chi connectivity index (χ3n) is 4.48. The van der Waals surface area contributed by atoms with E-state index in [1.54, 1.807) is 50.4 Å². The van der Waals surface area contributed by atoms with Gasteiger partial charge in [-0.2, -0.15) is 5.10 Å². The summed E-state index contributed by atoms with van der Waals surface area (Å²) in [6.07, 6.45) is 1.67. The van der Waals surface area contributed by atoms with Gasteiger partial charge in [0.05, 0.1) is 27.7 Å². The summed E-state index contributed by atoms with van der Waals surface area (Å²) in [6, 6.07) is 9.79. The third-order valence-corrected chi connectivity index (χ3v) is 5.86. The van der Waals surface area contributed by atoms with Crippen LogP contribution in [0, 0.1) is 0 Å². The van der Waals surface area contributed by atoms with Crippen molar-refractivity contribution in [3.63, 3.8) is 0 Å². The van der Waals surface area contributed by atoms with Crippen LogP contribution >= 0.6 is 0 Å². The molecule has 0 saturated heterocycles. The summed E-state index contributed by atoms with van der Waals surface area (Å²) in [5.41, 5.74) is 1.73. The van der Waals surface area contributed by atoms with Crippen LogP contribution in [0.3, 0.4) is 0 Å². The largest absolute Gasteiger partial charge is 0.325 e. The van der Waals surface area contributed by atoms with Crippen molar-refractivity contribution in [2.24, 2.45) is 0 Å². The van der Waals surface area contributed by atoms with Gasteiger partial charge in [-0.05, 0) is 55.8 Å². The van der Waals surface area contributed by atoms with Crippen LogP contribution in [0.5, 0.6) is 0 Å². The standard InChI is InChI=1S/C17H16N4O3S/c1-17(2)13-8-12(5-6-14(13)19-16(17)22)25(23,24)21-11-4-3-10-9-18-20-15(10)7-11/h3-9,21H,1-2H3,(H,18,20)(H,19,22). The number of benzene rings is 2. The van der Waals surface area contributed by atoms with Crippen molar-refractivity contribution in [2.45, 2.75) is 24.2 Å². The molecule has 1 aliphatic rings. The van der Waals surface area contributed by atoms with Crippen molar-refractivity contribution >= 4 is 38.2 Å². The maximum Gasteiger partial charge on any atom is 0.261 e. The number of carbonyl (C=O) groups is 1. The number of amides is 1. The van der Waals surface area contributed by atoms with Gasteiger partial charge in [0.25, 0.3) is 10.0 Å². The van der Waals surface area contributed by atoms with Gasteiger partial charge in [-0.1, -0.05) is 0 Å². The molecule has 0 spiro atoms. The van der Waals surface area contributed by atoms with E-state index in [1.807, 2.05) is 0 Å². The second-order valence-electron chi connectivity index (χ2n) is 6.56. The van der Waals surface area contributed by atoms with E-state index >= 15 is 0 Å². The van der Waals surface area contributed by atoms with E-state index in [9.17, 15) is 13.2 Å². The molecule has 1 aliphatic heterocycles. The van der Waals surface area contributed by atoms with Gasteiger partial charge < -0.3 is 5.32 Å². The molecule has 3 aromatic rings. The number of hydrogen-bond acceptors (Lipinski definition) is 4. The number of fused-ring (bicyclic) bond motifs is 2. The van der Waals surface area contributed by atoms with Gasteiger partial charge in [0, 0.05) is 11.1 Å². The molecule has 7 nitrogen and oxygen atoms in total. The van der Waals surface area contributed by atoms with Gasteiger partial charge in [0.15, 0.2) is 0 Å². The summed E-state index contributed by atoms with van der Waals surface area (Å²) < 4.78 is 28.0. The van der Waals surface area contributed by atoms with Crippen molar-refractivity contribution in [3.05, 3.63) is 48.2 Å². The van der Waals surface area contributed by atoms with Crippen molar-refractivity contribution in [1.29, 1.82) is 0 Å². The van der Waals surface area contributed by atoms with Gasteiger partial charge in [-0.15, -0.1) is 0 Å².